The molecule has 0 rings (SSSR count). The van der Waals surface area contributed by atoms with Gasteiger partial charge in [0.15, 0.2) is 7.28 Å². The largest absolute Gasteiger partial charge is 0.176 e. The third-order valence-corrected chi connectivity index (χ3v) is 3.19. The molecule has 0 radical (unpaired) electrons. The Morgan fingerprint density at radius 1 is 1.24 bits per heavy atom. The molecule has 0 saturated heterocycles. The molecule has 0 N–H and O–H groups in total. The third-order valence-electron chi connectivity index (χ3n) is 3.19. The first-order valence-corrected chi connectivity index (χ1v) is 6.76. The first-order chi connectivity index (χ1) is 7.79. The Morgan fingerprint density at radius 3 is 2.29 bits per heavy atom. The Labute approximate surface area is 109 Å². The molecule has 0 aliphatic carbocycles. The van der Waals surface area contributed by atoms with E-state index in [4.69, 9.17) is 0 Å². The van der Waals surface area contributed by atoms with E-state index in [0.29, 0.717) is 0 Å². The van der Waals surface area contributed by atoms with Crippen molar-refractivity contribution in [2.75, 3.05) is 0 Å². The van der Waals surface area contributed by atoms with E-state index in [2.05, 4.69) is 72.7 Å². The molecule has 0 saturated carbocycles. The minimum absolute atomic E-state index is 0.181. The van der Waals surface area contributed by atoms with Crippen LogP contribution in [0.3, 0.4) is 0 Å². The van der Waals surface area contributed by atoms with Gasteiger partial charge in [-0.25, -0.2) is 0 Å². The summed E-state index contributed by atoms with van der Waals surface area (Å²) in [6.07, 6.45) is 8.09. The van der Waals surface area contributed by atoms with Crippen LogP contribution in [0.2, 0.25) is 0 Å². The molecule has 0 aliphatic heterocycles. The van der Waals surface area contributed by atoms with Gasteiger partial charge in [-0.3, -0.25) is 0 Å². The van der Waals surface area contributed by atoms with Gasteiger partial charge in [0, 0.05) is 5.41 Å². The summed E-state index contributed by atoms with van der Waals surface area (Å²) in [4.78, 5) is 0. The van der Waals surface area contributed by atoms with Gasteiger partial charge >= 0.3 is 0 Å². The summed E-state index contributed by atoms with van der Waals surface area (Å²) in [5, 5.41) is 0. The molecule has 0 fully saturated rings. The zero-order chi connectivity index (χ0) is 13.5. The van der Waals surface area contributed by atoms with Crippen molar-refractivity contribution in [2.45, 2.75) is 54.9 Å². The normalized spacial score (nSPS) is 14.8. The predicted molar refractivity (Wildman–Crippen MR) is 82.7 cm³/mol. The lowest BCUT2D eigenvalue weighted by Gasteiger charge is -2.23. The van der Waals surface area contributed by atoms with Crippen LogP contribution in [0.4, 0.5) is 0 Å². The van der Waals surface area contributed by atoms with Crippen molar-refractivity contribution in [1.29, 1.82) is 0 Å². The van der Waals surface area contributed by atoms with Crippen LogP contribution in [0.5, 0.6) is 0 Å². The monoisotopic (exact) mass is 232 g/mol. The lowest BCUT2D eigenvalue weighted by Crippen LogP contribution is -2.11. The molecule has 0 bridgehead atoms. The summed E-state index contributed by atoms with van der Waals surface area (Å²) in [5.74, 6) is 2.96. The number of hydrogen-bond donors (Lipinski definition) is 0. The highest BCUT2D eigenvalue weighted by molar-refractivity contribution is 6.50. The minimum atomic E-state index is 0.181. The SMILES string of the molecule is C/C=C\B/C(C)=C\C(C)(C)/C(C)=C/CC(C)C. The van der Waals surface area contributed by atoms with Crippen molar-refractivity contribution in [1.82, 2.24) is 0 Å². The van der Waals surface area contributed by atoms with E-state index in [9.17, 15) is 0 Å². The fourth-order valence-corrected chi connectivity index (χ4v) is 1.77. The van der Waals surface area contributed by atoms with Gasteiger partial charge in [-0.15, -0.1) is 17.5 Å². The maximum Gasteiger partial charge on any atom is 0.176 e. The highest BCUT2D eigenvalue weighted by Crippen LogP contribution is 2.29. The predicted octanol–water partition coefficient (Wildman–Crippen LogP) is 4.88. The first kappa shape index (κ1) is 16.3. The zero-order valence-electron chi connectivity index (χ0n) is 12.8. The average molecular weight is 232 g/mol. The van der Waals surface area contributed by atoms with Crippen LogP contribution in [-0.2, 0) is 0 Å². The van der Waals surface area contributed by atoms with E-state index < -0.39 is 0 Å². The molecular weight excluding hydrogens is 203 g/mol. The van der Waals surface area contributed by atoms with Crippen molar-refractivity contribution >= 4 is 7.28 Å². The molecule has 0 spiro atoms. The standard InChI is InChI=1S/C16H29B/c1-8-11-17-15(5)12-16(6,7)14(4)10-9-13(2)3/h8,10-13,17H,9H2,1-7H3/b11-8-,14-10+,15-12-. The van der Waals surface area contributed by atoms with Gasteiger partial charge < -0.3 is 0 Å². The minimum Gasteiger partial charge on any atom is -0.118 e. The fourth-order valence-electron chi connectivity index (χ4n) is 1.77. The Bertz CT molecular complexity index is 303. The second kappa shape index (κ2) is 7.58. The van der Waals surface area contributed by atoms with Crippen molar-refractivity contribution in [2.24, 2.45) is 11.3 Å². The Kier molecular flexibility index (Phi) is 7.26. The van der Waals surface area contributed by atoms with Gasteiger partial charge in [0.1, 0.15) is 0 Å². The highest BCUT2D eigenvalue weighted by atomic mass is 14.2. The van der Waals surface area contributed by atoms with E-state index in [-0.39, 0.29) is 5.41 Å². The van der Waals surface area contributed by atoms with Crippen LogP contribution < -0.4 is 0 Å². The van der Waals surface area contributed by atoms with Gasteiger partial charge in [0.25, 0.3) is 0 Å². The smallest absolute Gasteiger partial charge is 0.118 e. The Morgan fingerprint density at radius 2 is 1.82 bits per heavy atom. The first-order valence-electron chi connectivity index (χ1n) is 6.76. The van der Waals surface area contributed by atoms with Crippen LogP contribution in [0, 0.1) is 11.3 Å². The van der Waals surface area contributed by atoms with Crippen LogP contribution in [0.25, 0.3) is 0 Å². The van der Waals surface area contributed by atoms with Gasteiger partial charge in [-0.1, -0.05) is 52.3 Å². The van der Waals surface area contributed by atoms with Crippen molar-refractivity contribution in [3.8, 4) is 0 Å². The summed E-state index contributed by atoms with van der Waals surface area (Å²) in [6.45, 7) is 15.7. The second-order valence-corrected chi connectivity index (χ2v) is 6.00. The number of rotatable bonds is 6. The Balaban J connectivity index is 4.70. The molecule has 0 heterocycles. The van der Waals surface area contributed by atoms with Crippen molar-refractivity contribution < 1.29 is 0 Å². The van der Waals surface area contributed by atoms with E-state index >= 15 is 0 Å². The summed E-state index contributed by atoms with van der Waals surface area (Å²) >= 11 is 0. The van der Waals surface area contributed by atoms with Gasteiger partial charge in [-0.2, -0.15) is 0 Å². The van der Waals surface area contributed by atoms with E-state index in [0.717, 1.165) is 13.2 Å². The summed E-state index contributed by atoms with van der Waals surface area (Å²) in [7, 11) is 1.07. The van der Waals surface area contributed by atoms with Crippen molar-refractivity contribution in [3.05, 3.63) is 35.2 Å². The molecule has 1 heteroatoms. The summed E-state index contributed by atoms with van der Waals surface area (Å²) in [6, 6.07) is 0. The van der Waals surface area contributed by atoms with Gasteiger partial charge in [0.2, 0.25) is 0 Å². The topological polar surface area (TPSA) is 0 Å². The molecule has 0 unspecified atom stereocenters. The van der Waals surface area contributed by atoms with Crippen LogP contribution in [-0.4, -0.2) is 7.28 Å². The summed E-state index contributed by atoms with van der Waals surface area (Å²) < 4.78 is 0. The van der Waals surface area contributed by atoms with E-state index in [1.807, 2.05) is 0 Å². The highest BCUT2D eigenvalue weighted by Gasteiger charge is 2.16. The molecule has 0 aromatic heterocycles. The molecular formula is C16H29B. The molecule has 0 aromatic rings. The van der Waals surface area contributed by atoms with Crippen molar-refractivity contribution in [3.63, 3.8) is 0 Å². The van der Waals surface area contributed by atoms with Gasteiger partial charge in [0.05, 0.1) is 0 Å². The molecule has 96 valence electrons. The van der Waals surface area contributed by atoms with Crippen LogP contribution in [0.15, 0.2) is 35.2 Å². The Hall–Kier alpha value is -0.715. The van der Waals surface area contributed by atoms with Crippen LogP contribution in [0.1, 0.15) is 54.9 Å². The van der Waals surface area contributed by atoms with Crippen LogP contribution >= 0.6 is 0 Å². The molecule has 0 nitrogen and oxygen atoms in total. The summed E-state index contributed by atoms with van der Waals surface area (Å²) in [5.41, 5.74) is 3.11. The maximum absolute atomic E-state index is 2.40. The molecule has 0 aliphatic rings. The molecule has 17 heavy (non-hydrogen) atoms. The lowest BCUT2D eigenvalue weighted by atomic mass is 9.67. The number of allylic oxidation sites excluding steroid dienone is 5. The zero-order valence-corrected chi connectivity index (χ0v) is 12.8. The second-order valence-electron chi connectivity index (χ2n) is 6.00. The average Bonchev–Trinajstić information content (AvgIpc) is 2.22. The number of hydrogen-bond acceptors (Lipinski definition) is 0. The van der Waals surface area contributed by atoms with E-state index in [1.165, 1.54) is 17.5 Å². The molecule has 0 atom stereocenters. The third kappa shape index (κ3) is 7.25. The quantitative estimate of drug-likeness (QED) is 0.452. The van der Waals surface area contributed by atoms with Gasteiger partial charge in [-0.05, 0) is 26.2 Å². The maximum atomic E-state index is 2.40. The van der Waals surface area contributed by atoms with E-state index in [1.54, 1.807) is 0 Å². The lowest BCUT2D eigenvalue weighted by molar-refractivity contribution is 0.565. The molecule has 0 aromatic carbocycles. The molecule has 0 amide bonds. The fraction of sp³-hybridized carbons (Fsp3) is 0.625.